The molecule has 2 aromatic carbocycles. The number of hydrogen-bond acceptors (Lipinski definition) is 7. The molecule has 31 heavy (non-hydrogen) atoms. The van der Waals surface area contributed by atoms with Gasteiger partial charge in [-0.15, -0.1) is 0 Å². The first-order valence-corrected chi connectivity index (χ1v) is 9.40. The molecule has 0 saturated carbocycles. The maximum Gasteiger partial charge on any atom is 0.162 e. The van der Waals surface area contributed by atoms with E-state index in [4.69, 9.17) is 36.2 Å². The van der Waals surface area contributed by atoms with E-state index in [9.17, 15) is 4.39 Å². The second kappa shape index (κ2) is 10.1. The minimum atomic E-state index is -3.15. The number of ether oxygens (including phenoxy) is 3. The van der Waals surface area contributed by atoms with Crippen molar-refractivity contribution in [3.05, 3.63) is 47.4 Å². The average molecular weight is 458 g/mol. The summed E-state index contributed by atoms with van der Waals surface area (Å²) in [4.78, 5) is 8.71. The molecule has 9 heteroatoms. The van der Waals surface area contributed by atoms with Crippen molar-refractivity contribution in [3.8, 4) is 11.5 Å². The Morgan fingerprint density at radius 1 is 1.29 bits per heavy atom. The fourth-order valence-corrected chi connectivity index (χ4v) is 2.85. The summed E-state index contributed by atoms with van der Waals surface area (Å²) < 4.78 is 117. The topological polar surface area (TPSA) is 68.7 Å². The van der Waals surface area contributed by atoms with Crippen LogP contribution in [0, 0.1) is 5.82 Å². The van der Waals surface area contributed by atoms with E-state index in [1.807, 2.05) is 0 Å². The van der Waals surface area contributed by atoms with E-state index >= 15 is 0 Å². The maximum absolute atomic E-state index is 14.1. The fraction of sp³-hybridized carbons (Fsp3) is 0.364. The summed E-state index contributed by atoms with van der Waals surface area (Å²) >= 11 is 5.83. The number of nitrogens with zero attached hydrogens (tertiary/aromatic N) is 3. The zero-order valence-electron chi connectivity index (χ0n) is 27.2. The molecule has 0 atom stereocenters. The molecule has 1 aromatic heterocycles. The van der Waals surface area contributed by atoms with E-state index in [1.165, 1.54) is 25.6 Å². The minimum Gasteiger partial charge on any atom is -0.493 e. The zero-order valence-corrected chi connectivity index (χ0v) is 16.9. The van der Waals surface area contributed by atoms with Crippen LogP contribution in [0.1, 0.15) is 21.5 Å². The van der Waals surface area contributed by atoms with Gasteiger partial charge >= 0.3 is 0 Å². The number of aromatic nitrogens is 2. The number of fused-ring (bicyclic) bond motifs is 1. The van der Waals surface area contributed by atoms with Crippen molar-refractivity contribution in [2.45, 2.75) is 6.42 Å². The third-order valence-electron chi connectivity index (χ3n) is 4.14. The van der Waals surface area contributed by atoms with Gasteiger partial charge in [0.15, 0.2) is 11.5 Å². The third kappa shape index (κ3) is 5.33. The molecule has 2 heterocycles. The summed E-state index contributed by atoms with van der Waals surface area (Å²) in [6.07, 6.45) is 1.11. The predicted molar refractivity (Wildman–Crippen MR) is 118 cm³/mol. The van der Waals surface area contributed by atoms with Crippen molar-refractivity contribution in [2.24, 2.45) is 0 Å². The molecule has 1 aliphatic heterocycles. The summed E-state index contributed by atoms with van der Waals surface area (Å²) in [6.45, 7) is -13.0. The van der Waals surface area contributed by atoms with Gasteiger partial charge in [-0.05, 0) is 30.6 Å². The van der Waals surface area contributed by atoms with E-state index < -0.39 is 61.6 Å². The monoisotopic (exact) mass is 457 g/mol. The third-order valence-corrected chi connectivity index (χ3v) is 4.40. The Labute approximate surface area is 200 Å². The molecule has 0 amide bonds. The Hall–Kier alpha value is -2.68. The molecule has 0 unspecified atom stereocenters. The van der Waals surface area contributed by atoms with Crippen molar-refractivity contribution >= 4 is 34.0 Å². The lowest BCUT2D eigenvalue weighted by Gasteiger charge is -2.26. The van der Waals surface area contributed by atoms with E-state index in [0.717, 1.165) is 0 Å². The number of morpholine rings is 1. The molecule has 7 nitrogen and oxygen atoms in total. The quantitative estimate of drug-likeness (QED) is 0.506. The molecule has 164 valence electrons. The van der Waals surface area contributed by atoms with Crippen molar-refractivity contribution in [1.82, 2.24) is 14.9 Å². The molecular weight excluding hydrogens is 423 g/mol. The van der Waals surface area contributed by atoms with E-state index in [2.05, 4.69) is 20.0 Å². The number of hydrogen-bond donors (Lipinski definition) is 1. The lowest BCUT2D eigenvalue weighted by Crippen LogP contribution is -2.37. The molecule has 3 aromatic rings. The van der Waals surface area contributed by atoms with Crippen molar-refractivity contribution in [1.29, 1.82) is 0 Å². The standard InChI is InChI=1S/C22H24ClFN4O3/c1-29-20-13-19-16(12-21(20)31-8-2-5-28-6-9-30-10-7-28)22(26-14-25-19)27-15-3-4-18(24)17(23)11-15/h3-4,11-14H,2,5-10H2,1H3,(H,25,26,27)/i3D,4D,6D2,7D2,9D2,10D2,11D. The van der Waals surface area contributed by atoms with Gasteiger partial charge in [0.25, 0.3) is 0 Å². The van der Waals surface area contributed by atoms with Crippen molar-refractivity contribution in [3.63, 3.8) is 0 Å². The largest absolute Gasteiger partial charge is 0.493 e. The molecule has 1 fully saturated rings. The van der Waals surface area contributed by atoms with Crippen LogP contribution in [0.2, 0.25) is 5.02 Å². The van der Waals surface area contributed by atoms with Gasteiger partial charge in [-0.2, -0.15) is 0 Å². The second-order valence-electron chi connectivity index (χ2n) is 6.13. The summed E-state index contributed by atoms with van der Waals surface area (Å²) in [6, 6.07) is 0.980. The van der Waals surface area contributed by atoms with Crippen LogP contribution in [0.15, 0.2) is 36.6 Å². The normalized spacial score (nSPS) is 26.2. The first-order chi connectivity index (χ1) is 19.4. The molecule has 1 N–H and O–H groups in total. The Morgan fingerprint density at radius 2 is 2.13 bits per heavy atom. The lowest BCUT2D eigenvalue weighted by atomic mass is 10.2. The first-order valence-electron chi connectivity index (χ1n) is 14.5. The maximum atomic E-state index is 14.1. The number of halogens is 2. The first kappa shape index (κ1) is 11.8. The fourth-order valence-electron chi connectivity index (χ4n) is 2.71. The average Bonchev–Trinajstić information content (AvgIpc) is 2.91. The molecule has 0 aliphatic carbocycles. The van der Waals surface area contributed by atoms with E-state index in [0.29, 0.717) is 15.8 Å². The number of nitrogens with one attached hydrogen (secondary N) is 1. The van der Waals surface area contributed by atoms with E-state index in [1.54, 1.807) is 0 Å². The number of benzene rings is 2. The molecule has 4 rings (SSSR count). The number of methoxy groups -OCH3 is 1. The summed E-state index contributed by atoms with van der Waals surface area (Å²) in [5.74, 6) is -0.777. The van der Waals surface area contributed by atoms with Crippen LogP contribution in [-0.4, -0.2) is 61.2 Å². The number of anilines is 2. The van der Waals surface area contributed by atoms with Crippen molar-refractivity contribution in [2.75, 3.05) is 51.7 Å². The Kier molecular flexibility index (Phi) is 3.84. The minimum absolute atomic E-state index is 0.0655. The molecule has 0 radical (unpaired) electrons. The lowest BCUT2D eigenvalue weighted by molar-refractivity contribution is 0.0357. The predicted octanol–water partition coefficient (Wildman–Crippen LogP) is 4.28. The Bertz CT molecular complexity index is 1480. The van der Waals surface area contributed by atoms with Crippen LogP contribution >= 0.6 is 11.6 Å². The molecule has 1 aliphatic rings. The highest BCUT2D eigenvalue weighted by Crippen LogP contribution is 2.35. The van der Waals surface area contributed by atoms with Crippen LogP contribution in [0.3, 0.4) is 0 Å². The van der Waals surface area contributed by atoms with Crippen LogP contribution in [0.5, 0.6) is 11.5 Å². The van der Waals surface area contributed by atoms with Gasteiger partial charge in [0.1, 0.15) is 18.0 Å². The van der Waals surface area contributed by atoms with Gasteiger partial charge in [-0.3, -0.25) is 4.90 Å². The highest BCUT2D eigenvalue weighted by atomic mass is 35.5. The molecule has 0 bridgehead atoms. The highest BCUT2D eigenvalue weighted by molar-refractivity contribution is 6.31. The highest BCUT2D eigenvalue weighted by Gasteiger charge is 2.14. The van der Waals surface area contributed by atoms with Gasteiger partial charge in [0, 0.05) is 42.2 Å². The smallest absolute Gasteiger partial charge is 0.162 e. The van der Waals surface area contributed by atoms with Gasteiger partial charge in [-0.25, -0.2) is 14.4 Å². The van der Waals surface area contributed by atoms with Gasteiger partial charge < -0.3 is 19.5 Å². The molecule has 0 spiro atoms. The molecule has 1 saturated heterocycles. The van der Waals surface area contributed by atoms with Crippen LogP contribution in [-0.2, 0) is 4.74 Å². The van der Waals surface area contributed by atoms with Crippen LogP contribution in [0.25, 0.3) is 10.9 Å². The van der Waals surface area contributed by atoms with Gasteiger partial charge in [0.2, 0.25) is 0 Å². The van der Waals surface area contributed by atoms with Crippen LogP contribution in [0.4, 0.5) is 15.9 Å². The number of rotatable bonds is 8. The van der Waals surface area contributed by atoms with Crippen LogP contribution < -0.4 is 14.8 Å². The van der Waals surface area contributed by atoms with E-state index in [-0.39, 0.29) is 36.0 Å². The zero-order chi connectivity index (χ0) is 31.4. The summed E-state index contributed by atoms with van der Waals surface area (Å²) in [7, 11) is 1.37. The second-order valence-corrected chi connectivity index (χ2v) is 6.51. The molecular formula is C22H24ClFN4O3. The Balaban J connectivity index is 1.60. The van der Waals surface area contributed by atoms with Gasteiger partial charge in [0.05, 0.1) is 47.0 Å². The van der Waals surface area contributed by atoms with Crippen molar-refractivity contribution < 1.29 is 33.7 Å². The Morgan fingerprint density at radius 3 is 2.94 bits per heavy atom. The van der Waals surface area contributed by atoms with Gasteiger partial charge in [-0.1, -0.05) is 11.6 Å². The summed E-state index contributed by atoms with van der Waals surface area (Å²) in [5.41, 5.74) is 0.0757. The summed E-state index contributed by atoms with van der Waals surface area (Å²) in [5, 5.41) is 2.40. The SMILES string of the molecule is [2H]c1c([2H])c(Nc2ncnc3cc(OC)c(OCCCN4C([2H])([2H])C([2H])([2H])OC([2H])([2H])C4([2H])[2H])cc23)c([2H])c(Cl)c1F.